The summed E-state index contributed by atoms with van der Waals surface area (Å²) in [5, 5.41) is 8.45. The third-order valence-electron chi connectivity index (χ3n) is 1.81. The molecule has 0 unspecified atom stereocenters. The lowest BCUT2D eigenvalue weighted by Crippen LogP contribution is -2.31. The summed E-state index contributed by atoms with van der Waals surface area (Å²) in [6, 6.07) is 0.570. The van der Waals surface area contributed by atoms with Crippen LogP contribution < -0.4 is 0 Å². The summed E-state index contributed by atoms with van der Waals surface area (Å²) in [5.41, 5.74) is 0. The van der Waals surface area contributed by atoms with E-state index in [2.05, 4.69) is 0 Å². The van der Waals surface area contributed by atoms with Crippen molar-refractivity contribution in [3.63, 3.8) is 0 Å². The Labute approximate surface area is 60.6 Å². The van der Waals surface area contributed by atoms with Gasteiger partial charge in [0.1, 0.15) is 0 Å². The Morgan fingerprint density at radius 1 is 1.70 bits per heavy atom. The van der Waals surface area contributed by atoms with Crippen LogP contribution in [0.15, 0.2) is 0 Å². The second kappa shape index (κ2) is 3.01. The first-order valence-electron chi connectivity index (χ1n) is 3.70. The molecule has 1 N–H and O–H groups in total. The molecule has 1 aliphatic carbocycles. The van der Waals surface area contributed by atoms with Crippen molar-refractivity contribution in [1.82, 2.24) is 4.90 Å². The Balaban J connectivity index is 2.25. The monoisotopic (exact) mass is 143 g/mol. The fraction of sp³-hybridized carbons (Fsp3) is 0.857. The molecule has 0 aromatic carbocycles. The second-order valence-corrected chi connectivity index (χ2v) is 2.69. The van der Waals surface area contributed by atoms with E-state index in [0.717, 1.165) is 6.54 Å². The summed E-state index contributed by atoms with van der Waals surface area (Å²) >= 11 is 0. The molecule has 1 aliphatic rings. The van der Waals surface area contributed by atoms with Crippen LogP contribution in [0.3, 0.4) is 0 Å². The molecule has 0 spiro atoms. The predicted octanol–water partition coefficient (Wildman–Crippen LogP) is 0.555. The number of hydrogen-bond acceptors (Lipinski definition) is 2. The van der Waals surface area contributed by atoms with Crippen molar-refractivity contribution in [2.45, 2.75) is 25.8 Å². The highest BCUT2D eigenvalue weighted by atomic mass is 16.4. The van der Waals surface area contributed by atoms with E-state index in [-0.39, 0.29) is 6.54 Å². The number of nitrogens with zero attached hydrogens (tertiary/aromatic N) is 1. The van der Waals surface area contributed by atoms with Crippen molar-refractivity contribution < 1.29 is 9.90 Å². The maximum absolute atomic E-state index is 10.3. The Bertz CT molecular complexity index is 132. The molecule has 58 valence electrons. The molecule has 3 heteroatoms. The number of carbonyl (C=O) groups is 1. The van der Waals surface area contributed by atoms with Gasteiger partial charge in [0.2, 0.25) is 0 Å². The normalized spacial score (nSPS) is 17.8. The molecule has 3 nitrogen and oxygen atoms in total. The van der Waals surface area contributed by atoms with Crippen molar-refractivity contribution in [3.8, 4) is 0 Å². The van der Waals surface area contributed by atoms with Crippen LogP contribution in [-0.4, -0.2) is 35.1 Å². The zero-order chi connectivity index (χ0) is 7.56. The molecular weight excluding hydrogens is 130 g/mol. The minimum atomic E-state index is -0.714. The minimum Gasteiger partial charge on any atom is -0.480 e. The smallest absolute Gasteiger partial charge is 0.317 e. The van der Waals surface area contributed by atoms with Crippen LogP contribution in [0.5, 0.6) is 0 Å². The van der Waals surface area contributed by atoms with Gasteiger partial charge in [-0.25, -0.2) is 0 Å². The minimum absolute atomic E-state index is 0.209. The first-order valence-corrected chi connectivity index (χ1v) is 3.70. The number of likely N-dealkylation sites (N-methyl/N-ethyl adjacent to an activating group) is 1. The van der Waals surface area contributed by atoms with E-state index in [9.17, 15) is 4.79 Å². The van der Waals surface area contributed by atoms with Gasteiger partial charge in [0.05, 0.1) is 6.54 Å². The predicted molar refractivity (Wildman–Crippen MR) is 37.9 cm³/mol. The molecular formula is C7H13NO2. The third kappa shape index (κ3) is 1.99. The Morgan fingerprint density at radius 3 is 2.60 bits per heavy atom. The van der Waals surface area contributed by atoms with E-state index < -0.39 is 5.97 Å². The van der Waals surface area contributed by atoms with Crippen LogP contribution in [0, 0.1) is 0 Å². The first kappa shape index (κ1) is 7.54. The summed E-state index contributed by atoms with van der Waals surface area (Å²) < 4.78 is 0. The van der Waals surface area contributed by atoms with Gasteiger partial charge in [-0.1, -0.05) is 6.92 Å². The summed E-state index contributed by atoms with van der Waals surface area (Å²) in [6.45, 7) is 3.07. The molecule has 0 radical (unpaired) electrons. The standard InChI is InChI=1S/C7H13NO2/c1-2-8(5-7(9)10)6-3-4-6/h6H,2-5H2,1H3,(H,9,10). The zero-order valence-corrected chi connectivity index (χ0v) is 6.21. The van der Waals surface area contributed by atoms with Gasteiger partial charge >= 0.3 is 5.97 Å². The van der Waals surface area contributed by atoms with Gasteiger partial charge < -0.3 is 5.11 Å². The van der Waals surface area contributed by atoms with Gasteiger partial charge in [-0.05, 0) is 19.4 Å². The van der Waals surface area contributed by atoms with Crippen LogP contribution in [0.4, 0.5) is 0 Å². The molecule has 0 aromatic rings. The van der Waals surface area contributed by atoms with Crippen LogP contribution in [0.25, 0.3) is 0 Å². The first-order chi connectivity index (χ1) is 4.74. The van der Waals surface area contributed by atoms with Crippen molar-refractivity contribution in [3.05, 3.63) is 0 Å². The van der Waals surface area contributed by atoms with Gasteiger partial charge in [-0.15, -0.1) is 0 Å². The molecule has 0 aliphatic heterocycles. The number of hydrogen-bond donors (Lipinski definition) is 1. The zero-order valence-electron chi connectivity index (χ0n) is 6.21. The van der Waals surface area contributed by atoms with E-state index >= 15 is 0 Å². The highest BCUT2D eigenvalue weighted by molar-refractivity contribution is 5.69. The molecule has 1 rings (SSSR count). The van der Waals surface area contributed by atoms with E-state index in [1.54, 1.807) is 0 Å². The molecule has 0 saturated heterocycles. The molecule has 0 aromatic heterocycles. The summed E-state index contributed by atoms with van der Waals surface area (Å²) in [6.07, 6.45) is 2.36. The maximum Gasteiger partial charge on any atom is 0.317 e. The number of carboxylic acid groups (broad SMARTS) is 1. The molecule has 0 heterocycles. The number of rotatable bonds is 4. The van der Waals surface area contributed by atoms with E-state index in [0.29, 0.717) is 6.04 Å². The van der Waals surface area contributed by atoms with E-state index in [1.165, 1.54) is 12.8 Å². The third-order valence-corrected chi connectivity index (χ3v) is 1.81. The number of carboxylic acids is 1. The largest absolute Gasteiger partial charge is 0.480 e. The molecule has 0 bridgehead atoms. The van der Waals surface area contributed by atoms with Crippen molar-refractivity contribution >= 4 is 5.97 Å². The maximum atomic E-state index is 10.3. The quantitative estimate of drug-likeness (QED) is 0.625. The van der Waals surface area contributed by atoms with Gasteiger partial charge in [-0.3, -0.25) is 9.69 Å². The molecule has 0 atom stereocenters. The Hall–Kier alpha value is -0.570. The topological polar surface area (TPSA) is 40.5 Å². The van der Waals surface area contributed by atoms with Crippen LogP contribution in [0.2, 0.25) is 0 Å². The van der Waals surface area contributed by atoms with E-state index in [1.807, 2.05) is 11.8 Å². The second-order valence-electron chi connectivity index (χ2n) is 2.69. The Kier molecular flexibility index (Phi) is 2.27. The molecule has 0 amide bonds. The fourth-order valence-electron chi connectivity index (χ4n) is 1.11. The van der Waals surface area contributed by atoms with Crippen molar-refractivity contribution in [2.24, 2.45) is 0 Å². The lowest BCUT2D eigenvalue weighted by Gasteiger charge is -2.15. The molecule has 1 fully saturated rings. The van der Waals surface area contributed by atoms with Crippen LogP contribution in [0.1, 0.15) is 19.8 Å². The van der Waals surface area contributed by atoms with Crippen LogP contribution >= 0.6 is 0 Å². The SMILES string of the molecule is CCN(CC(=O)O)C1CC1. The van der Waals surface area contributed by atoms with Gasteiger partial charge in [0.15, 0.2) is 0 Å². The van der Waals surface area contributed by atoms with Gasteiger partial charge in [-0.2, -0.15) is 0 Å². The Morgan fingerprint density at radius 2 is 2.30 bits per heavy atom. The lowest BCUT2D eigenvalue weighted by molar-refractivity contribution is -0.138. The van der Waals surface area contributed by atoms with Crippen LogP contribution in [-0.2, 0) is 4.79 Å². The van der Waals surface area contributed by atoms with Gasteiger partial charge in [0, 0.05) is 6.04 Å². The van der Waals surface area contributed by atoms with Crippen molar-refractivity contribution in [1.29, 1.82) is 0 Å². The molecule has 10 heavy (non-hydrogen) atoms. The summed E-state index contributed by atoms with van der Waals surface area (Å²) in [7, 11) is 0. The highest BCUT2D eigenvalue weighted by Gasteiger charge is 2.28. The fourth-order valence-corrected chi connectivity index (χ4v) is 1.11. The van der Waals surface area contributed by atoms with Crippen molar-refractivity contribution in [2.75, 3.05) is 13.1 Å². The highest BCUT2D eigenvalue weighted by Crippen LogP contribution is 2.25. The lowest BCUT2D eigenvalue weighted by atomic mass is 10.4. The summed E-state index contributed by atoms with van der Waals surface area (Å²) in [5.74, 6) is -0.714. The van der Waals surface area contributed by atoms with Gasteiger partial charge in [0.25, 0.3) is 0 Å². The van der Waals surface area contributed by atoms with E-state index in [4.69, 9.17) is 5.11 Å². The molecule has 1 saturated carbocycles. The average Bonchev–Trinajstić information content (AvgIpc) is 2.63. The number of aliphatic carboxylic acids is 1. The summed E-state index contributed by atoms with van der Waals surface area (Å²) in [4.78, 5) is 12.3. The average molecular weight is 143 g/mol.